The van der Waals surface area contributed by atoms with Crippen LogP contribution in [0.3, 0.4) is 0 Å². The van der Waals surface area contributed by atoms with Crippen LogP contribution in [0.4, 0.5) is 0 Å². The van der Waals surface area contributed by atoms with Crippen molar-refractivity contribution in [1.82, 2.24) is 0 Å². The molecule has 1 aliphatic rings. The molecule has 0 amide bonds. The Labute approximate surface area is 90.0 Å². The number of aliphatic hydroxyl groups excluding tert-OH is 1. The normalized spacial score (nSPS) is 20.9. The first kappa shape index (κ1) is 10.7. The molecule has 2 rings (SSSR count). The summed E-state index contributed by atoms with van der Waals surface area (Å²) in [6.07, 6.45) is 5.91. The summed E-state index contributed by atoms with van der Waals surface area (Å²) >= 11 is 0. The van der Waals surface area contributed by atoms with Crippen LogP contribution < -0.4 is 0 Å². The minimum atomic E-state index is -0.364. The van der Waals surface area contributed by atoms with E-state index < -0.39 is 0 Å². The summed E-state index contributed by atoms with van der Waals surface area (Å²) in [6, 6.07) is 3.74. The van der Waals surface area contributed by atoms with Crippen molar-refractivity contribution in [2.24, 2.45) is 0 Å². The van der Waals surface area contributed by atoms with E-state index in [-0.39, 0.29) is 11.7 Å². The van der Waals surface area contributed by atoms with E-state index in [1.807, 2.05) is 12.1 Å². The van der Waals surface area contributed by atoms with Gasteiger partial charge in [0, 0.05) is 20.0 Å². The first-order valence-electron chi connectivity index (χ1n) is 5.50. The average Bonchev–Trinajstić information content (AvgIpc) is 2.64. The minimum absolute atomic E-state index is 0.0635. The molecule has 15 heavy (non-hydrogen) atoms. The standard InChI is InChI=1S/C12H18O3/c1-14-12(5-3-6-12)9-10(13)8-11-4-2-7-15-11/h2,4,7,10,13H,3,5-6,8-9H2,1H3. The fraction of sp³-hybridized carbons (Fsp3) is 0.667. The van der Waals surface area contributed by atoms with Crippen molar-refractivity contribution in [2.75, 3.05) is 7.11 Å². The van der Waals surface area contributed by atoms with Crippen molar-refractivity contribution in [3.63, 3.8) is 0 Å². The van der Waals surface area contributed by atoms with Gasteiger partial charge in [-0.05, 0) is 31.4 Å². The second-order valence-corrected chi connectivity index (χ2v) is 4.38. The highest BCUT2D eigenvalue weighted by atomic mass is 16.5. The van der Waals surface area contributed by atoms with Crippen LogP contribution in [-0.2, 0) is 11.2 Å². The van der Waals surface area contributed by atoms with Crippen LogP contribution in [0.2, 0.25) is 0 Å². The molecule has 0 saturated heterocycles. The van der Waals surface area contributed by atoms with E-state index in [0.29, 0.717) is 12.8 Å². The summed E-state index contributed by atoms with van der Waals surface area (Å²) in [5, 5.41) is 9.91. The number of hydrogen-bond donors (Lipinski definition) is 1. The van der Waals surface area contributed by atoms with Crippen LogP contribution in [0.25, 0.3) is 0 Å². The van der Waals surface area contributed by atoms with Gasteiger partial charge in [-0.15, -0.1) is 0 Å². The molecule has 84 valence electrons. The molecule has 1 saturated carbocycles. The predicted octanol–water partition coefficient (Wildman–Crippen LogP) is 2.14. The minimum Gasteiger partial charge on any atom is -0.469 e. The summed E-state index contributed by atoms with van der Waals surface area (Å²) in [7, 11) is 1.73. The summed E-state index contributed by atoms with van der Waals surface area (Å²) in [6.45, 7) is 0. The van der Waals surface area contributed by atoms with Gasteiger partial charge in [0.1, 0.15) is 5.76 Å². The third kappa shape index (κ3) is 2.41. The van der Waals surface area contributed by atoms with Crippen molar-refractivity contribution in [3.05, 3.63) is 24.2 Å². The van der Waals surface area contributed by atoms with Crippen LogP contribution in [-0.4, -0.2) is 23.9 Å². The molecule has 0 radical (unpaired) electrons. The monoisotopic (exact) mass is 210 g/mol. The molecule has 3 heteroatoms. The van der Waals surface area contributed by atoms with Gasteiger partial charge in [0.25, 0.3) is 0 Å². The second kappa shape index (κ2) is 4.37. The van der Waals surface area contributed by atoms with E-state index in [1.165, 1.54) is 6.42 Å². The molecular weight excluding hydrogens is 192 g/mol. The first-order valence-corrected chi connectivity index (χ1v) is 5.50. The molecule has 1 aromatic rings. The predicted molar refractivity (Wildman–Crippen MR) is 56.6 cm³/mol. The Bertz CT molecular complexity index is 282. The number of rotatable bonds is 5. The molecule has 0 spiro atoms. The molecule has 1 N–H and O–H groups in total. The van der Waals surface area contributed by atoms with E-state index in [1.54, 1.807) is 13.4 Å². The molecular formula is C12H18O3. The molecule has 1 atom stereocenters. The van der Waals surface area contributed by atoms with Gasteiger partial charge in [-0.1, -0.05) is 0 Å². The summed E-state index contributed by atoms with van der Waals surface area (Å²) in [5.74, 6) is 0.841. The Morgan fingerprint density at radius 1 is 1.60 bits per heavy atom. The van der Waals surface area contributed by atoms with Crippen molar-refractivity contribution in [2.45, 2.75) is 43.8 Å². The number of ether oxygens (including phenoxy) is 1. The number of furan rings is 1. The zero-order valence-electron chi connectivity index (χ0n) is 9.11. The smallest absolute Gasteiger partial charge is 0.106 e. The third-order valence-corrected chi connectivity index (χ3v) is 3.32. The Morgan fingerprint density at radius 3 is 2.87 bits per heavy atom. The SMILES string of the molecule is COC1(CC(O)Cc2ccco2)CCC1. The second-order valence-electron chi connectivity index (χ2n) is 4.38. The Balaban J connectivity index is 1.84. The summed E-state index contributed by atoms with van der Waals surface area (Å²) in [5.41, 5.74) is -0.0635. The molecule has 0 aromatic carbocycles. The number of hydrogen-bond acceptors (Lipinski definition) is 3. The molecule has 1 unspecified atom stereocenters. The van der Waals surface area contributed by atoms with Gasteiger partial charge < -0.3 is 14.3 Å². The van der Waals surface area contributed by atoms with E-state index >= 15 is 0 Å². The van der Waals surface area contributed by atoms with Crippen molar-refractivity contribution >= 4 is 0 Å². The van der Waals surface area contributed by atoms with Crippen LogP contribution in [0, 0.1) is 0 Å². The van der Waals surface area contributed by atoms with Crippen LogP contribution in [0.5, 0.6) is 0 Å². The average molecular weight is 210 g/mol. The lowest BCUT2D eigenvalue weighted by atomic mass is 9.75. The highest BCUT2D eigenvalue weighted by Gasteiger charge is 2.38. The highest BCUT2D eigenvalue weighted by molar-refractivity contribution is 5.01. The maximum atomic E-state index is 9.91. The Hall–Kier alpha value is -0.800. The number of aliphatic hydroxyl groups is 1. The van der Waals surface area contributed by atoms with E-state index in [0.717, 1.165) is 18.6 Å². The van der Waals surface area contributed by atoms with E-state index in [2.05, 4.69) is 0 Å². The molecule has 3 nitrogen and oxygen atoms in total. The maximum Gasteiger partial charge on any atom is 0.106 e. The van der Waals surface area contributed by atoms with Crippen molar-refractivity contribution in [3.8, 4) is 0 Å². The molecule has 0 bridgehead atoms. The maximum absolute atomic E-state index is 9.91. The first-order chi connectivity index (χ1) is 7.24. The van der Waals surface area contributed by atoms with Crippen molar-refractivity contribution in [1.29, 1.82) is 0 Å². The number of methoxy groups -OCH3 is 1. The molecule has 1 heterocycles. The lowest BCUT2D eigenvalue weighted by molar-refractivity contribution is -0.0993. The van der Waals surface area contributed by atoms with Gasteiger partial charge in [0.15, 0.2) is 0 Å². The van der Waals surface area contributed by atoms with Gasteiger partial charge >= 0.3 is 0 Å². The fourth-order valence-electron chi connectivity index (χ4n) is 2.23. The van der Waals surface area contributed by atoms with Gasteiger partial charge in [-0.2, -0.15) is 0 Å². The fourth-order valence-corrected chi connectivity index (χ4v) is 2.23. The zero-order chi connectivity index (χ0) is 10.7. The van der Waals surface area contributed by atoms with E-state index in [9.17, 15) is 5.11 Å². The highest BCUT2D eigenvalue weighted by Crippen LogP contribution is 2.39. The lowest BCUT2D eigenvalue weighted by Crippen LogP contribution is -2.42. The molecule has 1 aliphatic carbocycles. The van der Waals surface area contributed by atoms with Crippen molar-refractivity contribution < 1.29 is 14.3 Å². The van der Waals surface area contributed by atoms with Crippen LogP contribution in [0.15, 0.2) is 22.8 Å². The van der Waals surface area contributed by atoms with Crippen LogP contribution >= 0.6 is 0 Å². The van der Waals surface area contributed by atoms with Gasteiger partial charge in [-0.25, -0.2) is 0 Å². The Kier molecular flexibility index (Phi) is 3.12. The molecule has 0 aliphatic heterocycles. The molecule has 1 aromatic heterocycles. The van der Waals surface area contributed by atoms with Gasteiger partial charge in [-0.3, -0.25) is 0 Å². The molecule has 1 fully saturated rings. The van der Waals surface area contributed by atoms with Gasteiger partial charge in [0.2, 0.25) is 0 Å². The lowest BCUT2D eigenvalue weighted by Gasteiger charge is -2.41. The third-order valence-electron chi connectivity index (χ3n) is 3.32. The topological polar surface area (TPSA) is 42.6 Å². The van der Waals surface area contributed by atoms with E-state index in [4.69, 9.17) is 9.15 Å². The zero-order valence-corrected chi connectivity index (χ0v) is 9.11. The Morgan fingerprint density at radius 2 is 2.40 bits per heavy atom. The quantitative estimate of drug-likeness (QED) is 0.809. The summed E-state index contributed by atoms with van der Waals surface area (Å²) < 4.78 is 10.7. The van der Waals surface area contributed by atoms with Crippen LogP contribution in [0.1, 0.15) is 31.4 Å². The van der Waals surface area contributed by atoms with Gasteiger partial charge in [0.05, 0.1) is 18.0 Å². The summed E-state index contributed by atoms with van der Waals surface area (Å²) in [4.78, 5) is 0. The largest absolute Gasteiger partial charge is 0.469 e.